The Hall–Kier alpha value is -2.31. The highest BCUT2D eigenvalue weighted by molar-refractivity contribution is 6.01. The van der Waals surface area contributed by atoms with Crippen LogP contribution in [0.5, 0.6) is 11.5 Å². The first-order valence-corrected chi connectivity index (χ1v) is 5.24. The predicted octanol–water partition coefficient (Wildman–Crippen LogP) is 1.43. The lowest BCUT2D eigenvalue weighted by molar-refractivity contribution is -0.571. The number of benzene rings is 1. The minimum atomic E-state index is -1.10. The third kappa shape index (κ3) is 2.20. The molecule has 0 aliphatic carbocycles. The van der Waals surface area contributed by atoms with Crippen molar-refractivity contribution in [1.82, 2.24) is 0 Å². The van der Waals surface area contributed by atoms with E-state index in [1.165, 1.54) is 14.2 Å². The summed E-state index contributed by atoms with van der Waals surface area (Å²) >= 11 is 0. The van der Waals surface area contributed by atoms with Crippen molar-refractivity contribution in [3.05, 3.63) is 33.9 Å². The molecule has 0 saturated heterocycles. The Kier molecular flexibility index (Phi) is 3.31. The molecule has 0 radical (unpaired) electrons. The van der Waals surface area contributed by atoms with Crippen molar-refractivity contribution >= 4 is 5.71 Å². The summed E-state index contributed by atoms with van der Waals surface area (Å²) in [6.07, 6.45) is -0.962. The number of hydrogen-bond donors (Lipinski definition) is 0. The number of hydrogen-bond acceptors (Lipinski definition) is 6. The van der Waals surface area contributed by atoms with Gasteiger partial charge in [-0.1, -0.05) is 5.16 Å². The average Bonchev–Trinajstić information content (AvgIpc) is 2.87. The van der Waals surface area contributed by atoms with E-state index in [2.05, 4.69) is 5.16 Å². The van der Waals surface area contributed by atoms with Crippen molar-refractivity contribution in [2.45, 2.75) is 12.6 Å². The largest absolute Gasteiger partial charge is 0.493 e. The van der Waals surface area contributed by atoms with E-state index in [1.54, 1.807) is 18.2 Å². The van der Waals surface area contributed by atoms with Gasteiger partial charge in [-0.3, -0.25) is 10.1 Å². The number of methoxy groups -OCH3 is 2. The fourth-order valence-corrected chi connectivity index (χ4v) is 1.66. The fourth-order valence-electron chi connectivity index (χ4n) is 1.66. The maximum Gasteiger partial charge on any atom is 0.380 e. The molecule has 1 aromatic carbocycles. The van der Waals surface area contributed by atoms with Crippen LogP contribution >= 0.6 is 0 Å². The third-order valence-corrected chi connectivity index (χ3v) is 2.60. The zero-order chi connectivity index (χ0) is 13.1. The van der Waals surface area contributed by atoms with Gasteiger partial charge in [-0.05, 0) is 18.2 Å². The van der Waals surface area contributed by atoms with E-state index >= 15 is 0 Å². The molecule has 0 fully saturated rings. The van der Waals surface area contributed by atoms with Gasteiger partial charge >= 0.3 is 6.23 Å². The Labute approximate surface area is 103 Å². The van der Waals surface area contributed by atoms with Gasteiger partial charge in [0.1, 0.15) is 6.42 Å². The van der Waals surface area contributed by atoms with E-state index in [9.17, 15) is 10.1 Å². The number of oxime groups is 1. The van der Waals surface area contributed by atoms with Gasteiger partial charge in [0.15, 0.2) is 11.5 Å². The number of nitrogens with zero attached hydrogens (tertiary/aromatic N) is 2. The van der Waals surface area contributed by atoms with Gasteiger partial charge in [0.2, 0.25) is 0 Å². The van der Waals surface area contributed by atoms with Gasteiger partial charge in [-0.25, -0.2) is 0 Å². The van der Waals surface area contributed by atoms with Crippen molar-refractivity contribution in [3.8, 4) is 11.5 Å². The lowest BCUT2D eigenvalue weighted by Crippen LogP contribution is -2.18. The van der Waals surface area contributed by atoms with Gasteiger partial charge in [0.25, 0.3) is 0 Å². The van der Waals surface area contributed by atoms with E-state index in [0.29, 0.717) is 17.2 Å². The summed E-state index contributed by atoms with van der Waals surface area (Å²) in [5.41, 5.74) is 1.25. The van der Waals surface area contributed by atoms with Gasteiger partial charge in [-0.2, -0.15) is 0 Å². The monoisotopic (exact) mass is 252 g/mol. The maximum absolute atomic E-state index is 10.6. The van der Waals surface area contributed by atoms with Gasteiger partial charge < -0.3 is 14.3 Å². The van der Waals surface area contributed by atoms with Crippen molar-refractivity contribution in [1.29, 1.82) is 0 Å². The second-order valence-electron chi connectivity index (χ2n) is 3.66. The first kappa shape index (κ1) is 12.2. The van der Waals surface area contributed by atoms with E-state index in [1.807, 2.05) is 0 Å². The molecule has 7 heteroatoms. The molecule has 0 spiro atoms. The van der Waals surface area contributed by atoms with Crippen LogP contribution in [0.1, 0.15) is 12.0 Å². The molecule has 18 heavy (non-hydrogen) atoms. The molecule has 2 rings (SSSR count). The first-order chi connectivity index (χ1) is 8.65. The zero-order valence-corrected chi connectivity index (χ0v) is 9.95. The Morgan fingerprint density at radius 1 is 1.39 bits per heavy atom. The molecular formula is C11H12N2O5. The summed E-state index contributed by atoms with van der Waals surface area (Å²) in [6.45, 7) is 0. The second-order valence-corrected chi connectivity index (χ2v) is 3.66. The molecule has 0 aromatic heterocycles. The third-order valence-electron chi connectivity index (χ3n) is 2.60. The molecule has 1 heterocycles. The van der Waals surface area contributed by atoms with Crippen LogP contribution in [0.15, 0.2) is 23.4 Å². The molecule has 0 amide bonds. The number of rotatable bonds is 4. The summed E-state index contributed by atoms with van der Waals surface area (Å²) in [7, 11) is 3.06. The van der Waals surface area contributed by atoms with Crippen molar-refractivity contribution in [3.63, 3.8) is 0 Å². The van der Waals surface area contributed by atoms with Crippen LogP contribution in [0.2, 0.25) is 0 Å². The molecule has 1 unspecified atom stereocenters. The van der Waals surface area contributed by atoms with Crippen LogP contribution in [0, 0.1) is 10.1 Å². The molecular weight excluding hydrogens is 240 g/mol. The minimum Gasteiger partial charge on any atom is -0.493 e. The average molecular weight is 252 g/mol. The Bertz CT molecular complexity index is 500. The molecule has 1 aliphatic heterocycles. The van der Waals surface area contributed by atoms with Crippen molar-refractivity contribution in [2.24, 2.45) is 5.16 Å². The van der Waals surface area contributed by atoms with Crippen LogP contribution in [-0.2, 0) is 4.84 Å². The highest BCUT2D eigenvalue weighted by Gasteiger charge is 2.31. The highest BCUT2D eigenvalue weighted by atomic mass is 16.7. The normalized spacial score (nSPS) is 17.9. The SMILES string of the molecule is COc1ccc(C2=NOC([N+](=O)[O-])C2)cc1OC. The Balaban J connectivity index is 2.23. The molecule has 0 N–H and O–H groups in total. The lowest BCUT2D eigenvalue weighted by atomic mass is 10.1. The Morgan fingerprint density at radius 3 is 2.67 bits per heavy atom. The van der Waals surface area contributed by atoms with Gasteiger partial charge in [-0.15, -0.1) is 0 Å². The molecule has 7 nitrogen and oxygen atoms in total. The quantitative estimate of drug-likeness (QED) is 0.598. The van der Waals surface area contributed by atoms with Crippen LogP contribution in [0.25, 0.3) is 0 Å². The standard InChI is InChI=1S/C11H12N2O5/c1-16-9-4-3-7(5-10(9)17-2)8-6-11(13(14)15)18-12-8/h3-5,11H,6H2,1-2H3. The van der Waals surface area contributed by atoms with Crippen LogP contribution < -0.4 is 9.47 Å². The lowest BCUT2D eigenvalue weighted by Gasteiger charge is -2.08. The molecule has 1 atom stereocenters. The smallest absolute Gasteiger partial charge is 0.380 e. The van der Waals surface area contributed by atoms with Crippen LogP contribution in [-0.4, -0.2) is 31.1 Å². The molecule has 96 valence electrons. The number of ether oxygens (including phenoxy) is 2. The van der Waals surface area contributed by atoms with Crippen molar-refractivity contribution in [2.75, 3.05) is 14.2 Å². The summed E-state index contributed by atoms with van der Waals surface area (Å²) in [4.78, 5) is 14.8. The summed E-state index contributed by atoms with van der Waals surface area (Å²) in [6, 6.07) is 5.19. The van der Waals surface area contributed by atoms with Crippen LogP contribution in [0.3, 0.4) is 0 Å². The number of nitro groups is 1. The topological polar surface area (TPSA) is 83.2 Å². The van der Waals surface area contributed by atoms with E-state index in [0.717, 1.165) is 5.56 Å². The van der Waals surface area contributed by atoms with Gasteiger partial charge in [0, 0.05) is 5.56 Å². The summed E-state index contributed by atoms with van der Waals surface area (Å²) in [5.74, 6) is 1.13. The van der Waals surface area contributed by atoms with Crippen LogP contribution in [0.4, 0.5) is 0 Å². The van der Waals surface area contributed by atoms with Gasteiger partial charge in [0.05, 0.1) is 24.9 Å². The minimum absolute atomic E-state index is 0.141. The molecule has 1 aliphatic rings. The van der Waals surface area contributed by atoms with E-state index in [-0.39, 0.29) is 6.42 Å². The fraction of sp³-hybridized carbons (Fsp3) is 0.364. The maximum atomic E-state index is 10.6. The van der Waals surface area contributed by atoms with E-state index in [4.69, 9.17) is 14.3 Å². The zero-order valence-electron chi connectivity index (χ0n) is 9.95. The van der Waals surface area contributed by atoms with Crippen molar-refractivity contribution < 1.29 is 19.2 Å². The van der Waals surface area contributed by atoms with E-state index < -0.39 is 11.2 Å². The summed E-state index contributed by atoms with van der Waals surface area (Å²) < 4.78 is 10.3. The summed E-state index contributed by atoms with van der Waals surface area (Å²) in [5, 5.41) is 14.3. The highest BCUT2D eigenvalue weighted by Crippen LogP contribution is 2.29. The second kappa shape index (κ2) is 4.91. The predicted molar refractivity (Wildman–Crippen MR) is 62.6 cm³/mol. The molecule has 0 bridgehead atoms. The Morgan fingerprint density at radius 2 is 2.11 bits per heavy atom. The molecule has 0 saturated carbocycles. The first-order valence-electron chi connectivity index (χ1n) is 5.24. The molecule has 1 aromatic rings.